The molecule has 0 saturated heterocycles. The fourth-order valence-corrected chi connectivity index (χ4v) is 4.06. The second-order valence-electron chi connectivity index (χ2n) is 6.80. The number of fused-ring (bicyclic) bond motifs is 1. The van der Waals surface area contributed by atoms with Crippen LogP contribution in [0.2, 0.25) is 5.02 Å². The molecule has 0 bridgehead atoms. The van der Waals surface area contributed by atoms with Crippen LogP contribution in [0.4, 0.5) is 5.69 Å². The first-order valence-electron chi connectivity index (χ1n) is 9.00. The van der Waals surface area contributed by atoms with Gasteiger partial charge < -0.3 is 4.57 Å². The van der Waals surface area contributed by atoms with Crippen molar-refractivity contribution in [3.8, 4) is 0 Å². The maximum atomic E-state index is 11.3. The van der Waals surface area contributed by atoms with E-state index in [4.69, 9.17) is 11.6 Å². The van der Waals surface area contributed by atoms with E-state index in [1.165, 1.54) is 11.6 Å². The summed E-state index contributed by atoms with van der Waals surface area (Å²) in [6.45, 7) is 2.58. The van der Waals surface area contributed by atoms with Gasteiger partial charge >= 0.3 is 0 Å². The molecule has 3 aromatic rings. The second-order valence-corrected chi connectivity index (χ2v) is 7.21. The smallest absolute Gasteiger partial charge is 0.269 e. The van der Waals surface area contributed by atoms with Crippen LogP contribution >= 0.6 is 11.6 Å². The molecule has 4 rings (SSSR count). The van der Waals surface area contributed by atoms with Gasteiger partial charge in [0.25, 0.3) is 5.69 Å². The lowest BCUT2D eigenvalue weighted by molar-refractivity contribution is -0.384. The second kappa shape index (κ2) is 7.55. The van der Waals surface area contributed by atoms with Crippen LogP contribution in [0.15, 0.2) is 66.9 Å². The molecule has 0 radical (unpaired) electrons. The molecule has 0 N–H and O–H groups in total. The zero-order valence-corrected chi connectivity index (χ0v) is 15.5. The molecule has 1 atom stereocenters. The summed E-state index contributed by atoms with van der Waals surface area (Å²) in [5.41, 5.74) is 3.18. The van der Waals surface area contributed by atoms with Crippen molar-refractivity contribution in [2.45, 2.75) is 25.6 Å². The Morgan fingerprint density at radius 3 is 2.67 bits per heavy atom. The number of non-ortho nitro benzene ring substituents is 1. The molecule has 1 unspecified atom stereocenters. The van der Waals surface area contributed by atoms with Gasteiger partial charge in [0.15, 0.2) is 0 Å². The van der Waals surface area contributed by atoms with E-state index in [1.54, 1.807) is 12.1 Å². The summed E-state index contributed by atoms with van der Waals surface area (Å²) in [6.07, 6.45) is 3.08. The van der Waals surface area contributed by atoms with Crippen LogP contribution in [0.25, 0.3) is 0 Å². The number of hydrogen-bond acceptors (Lipinski definition) is 3. The van der Waals surface area contributed by atoms with Gasteiger partial charge in [0.1, 0.15) is 0 Å². The minimum atomic E-state index is -0.364. The Bertz CT molecular complexity index is 955. The van der Waals surface area contributed by atoms with Crippen LogP contribution in [-0.4, -0.2) is 20.9 Å². The fourth-order valence-electron chi connectivity index (χ4n) is 3.84. The van der Waals surface area contributed by atoms with E-state index in [2.05, 4.69) is 33.9 Å². The molecule has 0 amide bonds. The van der Waals surface area contributed by atoms with E-state index < -0.39 is 0 Å². The Morgan fingerprint density at radius 2 is 1.89 bits per heavy atom. The number of nitro benzene ring substituents is 1. The molecule has 6 heteroatoms. The Labute approximate surface area is 162 Å². The lowest BCUT2D eigenvalue weighted by Crippen LogP contribution is -2.29. The molecule has 1 aliphatic heterocycles. The van der Waals surface area contributed by atoms with Crippen LogP contribution in [0.3, 0.4) is 0 Å². The molecule has 0 spiro atoms. The van der Waals surface area contributed by atoms with Gasteiger partial charge in [0.2, 0.25) is 0 Å². The first kappa shape index (κ1) is 17.8. The van der Waals surface area contributed by atoms with Crippen molar-refractivity contribution >= 4 is 17.3 Å². The Balaban J connectivity index is 1.81. The van der Waals surface area contributed by atoms with Crippen LogP contribution in [0, 0.1) is 10.1 Å². The van der Waals surface area contributed by atoms with Gasteiger partial charge in [-0.15, -0.1) is 0 Å². The zero-order valence-electron chi connectivity index (χ0n) is 14.8. The Hall–Kier alpha value is -2.63. The molecule has 138 valence electrons. The highest BCUT2D eigenvalue weighted by molar-refractivity contribution is 6.31. The lowest BCUT2D eigenvalue weighted by atomic mass is 10.00. The molecule has 0 saturated carbocycles. The van der Waals surface area contributed by atoms with Crippen LogP contribution in [0.5, 0.6) is 0 Å². The first-order chi connectivity index (χ1) is 13.1. The predicted octanol–water partition coefficient (Wildman–Crippen LogP) is 5.05. The highest BCUT2D eigenvalue weighted by Gasteiger charge is 2.30. The number of nitro groups is 1. The molecule has 27 heavy (non-hydrogen) atoms. The van der Waals surface area contributed by atoms with Crippen molar-refractivity contribution in [1.82, 2.24) is 9.47 Å². The largest absolute Gasteiger partial charge is 0.350 e. The van der Waals surface area contributed by atoms with Gasteiger partial charge in [-0.25, -0.2) is 0 Å². The summed E-state index contributed by atoms with van der Waals surface area (Å²) in [5, 5.41) is 11.9. The third kappa shape index (κ3) is 3.61. The summed E-state index contributed by atoms with van der Waals surface area (Å²) >= 11 is 6.53. The molecule has 2 heterocycles. The number of hydrogen-bond donors (Lipinski definition) is 0. The van der Waals surface area contributed by atoms with Gasteiger partial charge in [-0.3, -0.25) is 15.0 Å². The van der Waals surface area contributed by atoms with Crippen molar-refractivity contribution in [1.29, 1.82) is 0 Å². The quantitative estimate of drug-likeness (QED) is 0.469. The third-order valence-corrected chi connectivity index (χ3v) is 5.41. The van der Waals surface area contributed by atoms with Gasteiger partial charge in [0, 0.05) is 54.2 Å². The summed E-state index contributed by atoms with van der Waals surface area (Å²) in [5.74, 6) is 0. The SMILES string of the molecule is O=[N+]([O-])c1ccc(Cl)c(C2c3cccn3CCCN2Cc2ccccc2)c1. The number of aryl methyl sites for hydroxylation is 1. The van der Waals surface area contributed by atoms with E-state index in [9.17, 15) is 10.1 Å². The van der Waals surface area contributed by atoms with E-state index in [0.717, 1.165) is 37.3 Å². The van der Waals surface area contributed by atoms with Crippen molar-refractivity contribution in [3.63, 3.8) is 0 Å². The average molecular weight is 382 g/mol. The van der Waals surface area contributed by atoms with Crippen LogP contribution < -0.4 is 0 Å². The predicted molar refractivity (Wildman–Crippen MR) is 106 cm³/mol. The van der Waals surface area contributed by atoms with Gasteiger partial charge in [-0.2, -0.15) is 0 Å². The standard InChI is InChI=1S/C21H20ClN3O2/c22-19-10-9-17(25(26)27)14-18(19)21-20-8-4-11-23(20)12-5-13-24(21)15-16-6-2-1-3-7-16/h1-4,6-11,14,21H,5,12-13,15H2. The molecule has 0 fully saturated rings. The van der Waals surface area contributed by atoms with Gasteiger partial charge in [-0.1, -0.05) is 41.9 Å². The summed E-state index contributed by atoms with van der Waals surface area (Å²) < 4.78 is 2.23. The Kier molecular flexibility index (Phi) is 4.97. The highest BCUT2D eigenvalue weighted by atomic mass is 35.5. The maximum absolute atomic E-state index is 11.3. The number of aromatic nitrogens is 1. The van der Waals surface area contributed by atoms with Crippen LogP contribution in [0.1, 0.15) is 29.3 Å². The van der Waals surface area contributed by atoms with Gasteiger partial charge in [0.05, 0.1) is 11.0 Å². The molecular weight excluding hydrogens is 362 g/mol. The number of nitrogens with zero attached hydrogens (tertiary/aromatic N) is 3. The normalized spacial score (nSPS) is 17.3. The Morgan fingerprint density at radius 1 is 1.07 bits per heavy atom. The number of halogens is 1. The molecule has 1 aliphatic rings. The zero-order chi connectivity index (χ0) is 18.8. The van der Waals surface area contributed by atoms with Crippen molar-refractivity contribution < 1.29 is 4.92 Å². The van der Waals surface area contributed by atoms with E-state index in [0.29, 0.717) is 5.02 Å². The summed E-state index contributed by atoms with van der Waals surface area (Å²) in [6, 6.07) is 19.0. The molecule has 0 aliphatic carbocycles. The fraction of sp³-hybridized carbons (Fsp3) is 0.238. The van der Waals surface area contributed by atoms with E-state index in [1.807, 2.05) is 24.3 Å². The first-order valence-corrected chi connectivity index (χ1v) is 9.38. The minimum absolute atomic E-state index is 0.0661. The van der Waals surface area contributed by atoms with Crippen molar-refractivity contribution in [2.24, 2.45) is 0 Å². The van der Waals surface area contributed by atoms with E-state index >= 15 is 0 Å². The monoisotopic (exact) mass is 381 g/mol. The molecule has 1 aromatic heterocycles. The lowest BCUT2D eigenvalue weighted by Gasteiger charge is -2.31. The molecular formula is C21H20ClN3O2. The summed E-state index contributed by atoms with van der Waals surface area (Å²) in [7, 11) is 0. The maximum Gasteiger partial charge on any atom is 0.269 e. The highest BCUT2D eigenvalue weighted by Crippen LogP contribution is 2.38. The number of rotatable bonds is 4. The van der Waals surface area contributed by atoms with Crippen LogP contribution in [-0.2, 0) is 13.1 Å². The van der Waals surface area contributed by atoms with E-state index in [-0.39, 0.29) is 16.7 Å². The number of benzene rings is 2. The molecule has 5 nitrogen and oxygen atoms in total. The molecule has 2 aromatic carbocycles. The topological polar surface area (TPSA) is 51.3 Å². The summed E-state index contributed by atoms with van der Waals surface area (Å²) in [4.78, 5) is 13.3. The van der Waals surface area contributed by atoms with Gasteiger partial charge in [-0.05, 0) is 30.2 Å². The average Bonchev–Trinajstić information content (AvgIpc) is 3.05. The van der Waals surface area contributed by atoms with Crippen molar-refractivity contribution in [2.75, 3.05) is 6.54 Å². The third-order valence-electron chi connectivity index (χ3n) is 5.07. The minimum Gasteiger partial charge on any atom is -0.350 e. The van der Waals surface area contributed by atoms with Crippen molar-refractivity contribution in [3.05, 3.63) is 98.8 Å².